The summed E-state index contributed by atoms with van der Waals surface area (Å²) in [6.45, 7) is 5.44. The van der Waals surface area contributed by atoms with Crippen LogP contribution in [0.15, 0.2) is 6.07 Å². The van der Waals surface area contributed by atoms with E-state index in [4.69, 9.17) is 9.47 Å². The van der Waals surface area contributed by atoms with Gasteiger partial charge in [0.05, 0.1) is 12.7 Å². The molecule has 128 valence electrons. The van der Waals surface area contributed by atoms with E-state index in [0.717, 1.165) is 30.4 Å². The van der Waals surface area contributed by atoms with Gasteiger partial charge >= 0.3 is 5.97 Å². The fourth-order valence-electron chi connectivity index (χ4n) is 2.99. The lowest BCUT2D eigenvalue weighted by molar-refractivity contribution is -0.0233. The monoisotopic (exact) mass is 322 g/mol. The molecule has 0 spiro atoms. The molecule has 1 aromatic carbocycles. The lowest BCUT2D eigenvalue weighted by Gasteiger charge is -2.24. The predicted molar refractivity (Wildman–Crippen MR) is 87.6 cm³/mol. The van der Waals surface area contributed by atoms with Crippen LogP contribution in [0.5, 0.6) is 11.5 Å². The van der Waals surface area contributed by atoms with Gasteiger partial charge in [-0.15, -0.1) is 0 Å². The number of aliphatic hydroxyl groups is 1. The van der Waals surface area contributed by atoms with Crippen molar-refractivity contribution in [1.29, 1.82) is 0 Å². The molecule has 2 rings (SSSR count). The summed E-state index contributed by atoms with van der Waals surface area (Å²) in [5, 5.41) is 19.9. The molecule has 1 aliphatic heterocycles. The molecule has 0 unspecified atom stereocenters. The summed E-state index contributed by atoms with van der Waals surface area (Å²) < 4.78 is 11.3. The second-order valence-corrected chi connectivity index (χ2v) is 6.65. The second kappa shape index (κ2) is 6.79. The molecular weight excluding hydrogens is 296 g/mol. The smallest absolute Gasteiger partial charge is 0.339 e. The van der Waals surface area contributed by atoms with E-state index < -0.39 is 17.7 Å². The van der Waals surface area contributed by atoms with Crippen molar-refractivity contribution in [3.63, 3.8) is 0 Å². The molecule has 0 fully saturated rings. The molecule has 0 radical (unpaired) electrons. The molecule has 1 aliphatic rings. The second-order valence-electron chi connectivity index (χ2n) is 6.65. The van der Waals surface area contributed by atoms with Crippen molar-refractivity contribution in [1.82, 2.24) is 0 Å². The average Bonchev–Trinajstić information content (AvgIpc) is 2.90. The zero-order valence-corrected chi connectivity index (χ0v) is 14.3. The highest BCUT2D eigenvalue weighted by Gasteiger charge is 2.39. The quantitative estimate of drug-likeness (QED) is 0.754. The van der Waals surface area contributed by atoms with E-state index in [-0.39, 0.29) is 5.56 Å². The molecule has 5 nitrogen and oxygen atoms in total. The number of hydrogen-bond donors (Lipinski definition) is 2. The Morgan fingerprint density at radius 1 is 1.43 bits per heavy atom. The van der Waals surface area contributed by atoms with Gasteiger partial charge in [0.25, 0.3) is 0 Å². The zero-order valence-electron chi connectivity index (χ0n) is 14.3. The number of hydrogen-bond acceptors (Lipinski definition) is 4. The van der Waals surface area contributed by atoms with Crippen LogP contribution in [0.1, 0.15) is 61.5 Å². The molecule has 1 atom stereocenters. The number of aromatic carboxylic acids is 1. The lowest BCUT2D eigenvalue weighted by Crippen LogP contribution is -2.39. The van der Waals surface area contributed by atoms with E-state index in [0.29, 0.717) is 24.3 Å². The van der Waals surface area contributed by atoms with Crippen molar-refractivity contribution in [3.8, 4) is 11.5 Å². The highest BCUT2D eigenvalue weighted by Crippen LogP contribution is 2.43. The highest BCUT2D eigenvalue weighted by atomic mass is 16.5. The fourth-order valence-corrected chi connectivity index (χ4v) is 2.99. The van der Waals surface area contributed by atoms with Gasteiger partial charge in [0, 0.05) is 12.0 Å². The minimum atomic E-state index is -1.05. The summed E-state index contributed by atoms with van der Waals surface area (Å²) in [4.78, 5) is 11.8. The molecule has 0 saturated heterocycles. The van der Waals surface area contributed by atoms with Crippen molar-refractivity contribution in [2.24, 2.45) is 0 Å². The number of carboxylic acids is 1. The average molecular weight is 322 g/mol. The molecule has 0 aliphatic carbocycles. The van der Waals surface area contributed by atoms with Crippen molar-refractivity contribution in [2.45, 2.75) is 64.6 Å². The molecule has 0 amide bonds. The van der Waals surface area contributed by atoms with E-state index in [2.05, 4.69) is 6.92 Å². The number of benzene rings is 1. The maximum absolute atomic E-state index is 11.8. The van der Waals surface area contributed by atoms with Crippen LogP contribution in [0.4, 0.5) is 0 Å². The Balaban J connectivity index is 2.47. The first-order chi connectivity index (χ1) is 10.8. The first kappa shape index (κ1) is 17.6. The summed E-state index contributed by atoms with van der Waals surface area (Å²) in [6, 6.07) is 1.81. The minimum Gasteiger partial charge on any atom is -0.496 e. The van der Waals surface area contributed by atoms with E-state index in [1.165, 1.54) is 0 Å². The third-order valence-corrected chi connectivity index (χ3v) is 4.35. The lowest BCUT2D eigenvalue weighted by atomic mass is 9.93. The van der Waals surface area contributed by atoms with Gasteiger partial charge < -0.3 is 19.7 Å². The Bertz CT molecular complexity index is 586. The summed E-state index contributed by atoms with van der Waals surface area (Å²) in [6.07, 6.45) is 3.68. The number of methoxy groups -OCH3 is 1. The molecule has 0 bridgehead atoms. The van der Waals surface area contributed by atoms with Gasteiger partial charge in [-0.2, -0.15) is 0 Å². The van der Waals surface area contributed by atoms with Gasteiger partial charge in [0.1, 0.15) is 23.2 Å². The molecule has 1 heterocycles. The standard InChI is InChI=1S/C18H26O5/c1-5-6-7-8-11-9-13(22-4)12-10-14(18(2,3)21)23-16(12)15(11)17(19)20/h9,14,21H,5-8,10H2,1-4H3,(H,19,20)/t14-/m1/s1. The molecular formula is C18H26O5. The minimum absolute atomic E-state index is 0.212. The van der Waals surface area contributed by atoms with Gasteiger partial charge in [-0.25, -0.2) is 4.79 Å². The van der Waals surface area contributed by atoms with E-state index in [9.17, 15) is 15.0 Å². The van der Waals surface area contributed by atoms with Gasteiger partial charge in [-0.1, -0.05) is 19.8 Å². The number of carboxylic acid groups (broad SMARTS) is 1. The Labute approximate surface area is 137 Å². The maximum atomic E-state index is 11.8. The van der Waals surface area contributed by atoms with Crippen molar-refractivity contribution in [2.75, 3.05) is 7.11 Å². The predicted octanol–water partition coefficient (Wildman–Crippen LogP) is 3.20. The topological polar surface area (TPSA) is 76.0 Å². The molecule has 0 saturated carbocycles. The van der Waals surface area contributed by atoms with Gasteiger partial charge in [0.2, 0.25) is 0 Å². The van der Waals surface area contributed by atoms with Crippen LogP contribution in [-0.2, 0) is 12.8 Å². The van der Waals surface area contributed by atoms with Crippen LogP contribution in [0, 0.1) is 0 Å². The Kier molecular flexibility index (Phi) is 5.19. The van der Waals surface area contributed by atoms with Crippen LogP contribution in [0.25, 0.3) is 0 Å². The fraction of sp³-hybridized carbons (Fsp3) is 0.611. The molecule has 2 N–H and O–H groups in total. The Morgan fingerprint density at radius 2 is 2.13 bits per heavy atom. The summed E-state index contributed by atoms with van der Waals surface area (Å²) in [7, 11) is 1.57. The number of aryl methyl sites for hydroxylation is 1. The number of fused-ring (bicyclic) bond motifs is 1. The number of rotatable bonds is 7. The van der Waals surface area contributed by atoms with Crippen LogP contribution >= 0.6 is 0 Å². The van der Waals surface area contributed by atoms with Crippen LogP contribution in [0.2, 0.25) is 0 Å². The highest BCUT2D eigenvalue weighted by molar-refractivity contribution is 5.94. The van der Waals surface area contributed by atoms with Crippen molar-refractivity contribution >= 4 is 5.97 Å². The third kappa shape index (κ3) is 3.61. The molecule has 5 heteroatoms. The van der Waals surface area contributed by atoms with Crippen molar-refractivity contribution in [3.05, 3.63) is 22.8 Å². The van der Waals surface area contributed by atoms with E-state index >= 15 is 0 Å². The van der Waals surface area contributed by atoms with Crippen molar-refractivity contribution < 1.29 is 24.5 Å². The Hall–Kier alpha value is -1.75. The van der Waals surface area contributed by atoms with Crippen LogP contribution in [-0.4, -0.2) is 35.0 Å². The van der Waals surface area contributed by atoms with E-state index in [1.54, 1.807) is 21.0 Å². The summed E-state index contributed by atoms with van der Waals surface area (Å²) in [5.41, 5.74) is 0.625. The number of carbonyl (C=O) groups is 1. The van der Waals surface area contributed by atoms with Crippen LogP contribution < -0.4 is 9.47 Å². The molecule has 1 aromatic rings. The molecule has 23 heavy (non-hydrogen) atoms. The molecule has 0 aromatic heterocycles. The first-order valence-corrected chi connectivity index (χ1v) is 8.14. The van der Waals surface area contributed by atoms with Gasteiger partial charge in [0.15, 0.2) is 0 Å². The maximum Gasteiger partial charge on any atom is 0.339 e. The van der Waals surface area contributed by atoms with E-state index in [1.807, 2.05) is 6.07 Å². The van der Waals surface area contributed by atoms with Crippen LogP contribution in [0.3, 0.4) is 0 Å². The first-order valence-electron chi connectivity index (χ1n) is 8.14. The number of unbranched alkanes of at least 4 members (excludes halogenated alkanes) is 2. The summed E-state index contributed by atoms with van der Waals surface area (Å²) in [5.74, 6) is 0.00511. The summed E-state index contributed by atoms with van der Waals surface area (Å²) >= 11 is 0. The zero-order chi connectivity index (χ0) is 17.2. The normalized spacial score (nSPS) is 16.8. The SMILES string of the molecule is CCCCCc1cc(OC)c2c(c1C(=O)O)O[C@@H](C(C)(C)O)C2. The third-order valence-electron chi connectivity index (χ3n) is 4.35. The van der Waals surface area contributed by atoms with Gasteiger partial charge in [-0.05, 0) is 38.3 Å². The largest absolute Gasteiger partial charge is 0.496 e. The number of ether oxygens (including phenoxy) is 2. The Morgan fingerprint density at radius 3 is 2.65 bits per heavy atom. The van der Waals surface area contributed by atoms with Gasteiger partial charge in [-0.3, -0.25) is 0 Å².